The van der Waals surface area contributed by atoms with Gasteiger partial charge in [0.05, 0.1) is 10.6 Å². The van der Waals surface area contributed by atoms with Gasteiger partial charge in [0.25, 0.3) is 10.0 Å². The van der Waals surface area contributed by atoms with Crippen molar-refractivity contribution in [2.75, 3.05) is 10.8 Å². The number of benzene rings is 3. The number of nitrogens with zero attached hydrogens (tertiary/aromatic N) is 1. The molecular weight excluding hydrogens is 348 g/mol. The third-order valence-corrected chi connectivity index (χ3v) is 6.16. The summed E-state index contributed by atoms with van der Waals surface area (Å²) in [5, 5.41) is 1.62. The molecular formula is C20H20N2O3S. The number of primary amides is 1. The van der Waals surface area contributed by atoms with Gasteiger partial charge in [-0.25, -0.2) is 8.42 Å². The highest BCUT2D eigenvalue weighted by atomic mass is 32.2. The first-order valence-electron chi connectivity index (χ1n) is 8.17. The molecule has 0 aliphatic carbocycles. The lowest BCUT2D eigenvalue weighted by molar-refractivity contribution is -0.116. The molecule has 3 rings (SSSR count). The van der Waals surface area contributed by atoms with E-state index in [1.54, 1.807) is 30.3 Å². The molecule has 2 N–H and O–H groups in total. The van der Waals surface area contributed by atoms with Crippen molar-refractivity contribution in [1.82, 2.24) is 0 Å². The number of amides is 1. The SMILES string of the molecule is Cc1ccc(S(=O)(=O)N(CC(N)=O)c2cccc3ccccc23)cc1C. The van der Waals surface area contributed by atoms with Crippen molar-refractivity contribution in [3.8, 4) is 0 Å². The van der Waals surface area contributed by atoms with Crippen LogP contribution in [0.3, 0.4) is 0 Å². The number of anilines is 1. The molecule has 0 atom stereocenters. The molecule has 0 saturated carbocycles. The van der Waals surface area contributed by atoms with Crippen LogP contribution in [0.1, 0.15) is 11.1 Å². The second kappa shape index (κ2) is 6.80. The lowest BCUT2D eigenvalue weighted by Crippen LogP contribution is -2.38. The molecule has 0 radical (unpaired) electrons. The molecule has 3 aromatic rings. The summed E-state index contributed by atoms with van der Waals surface area (Å²) in [5.74, 6) is -0.717. The van der Waals surface area contributed by atoms with Gasteiger partial charge >= 0.3 is 0 Å². The maximum absolute atomic E-state index is 13.3. The minimum atomic E-state index is -3.95. The lowest BCUT2D eigenvalue weighted by atomic mass is 10.1. The number of hydrogen-bond acceptors (Lipinski definition) is 3. The summed E-state index contributed by atoms with van der Waals surface area (Å²) in [6.45, 7) is 3.34. The van der Waals surface area contributed by atoms with Crippen molar-refractivity contribution in [1.29, 1.82) is 0 Å². The smallest absolute Gasteiger partial charge is 0.264 e. The van der Waals surface area contributed by atoms with Gasteiger partial charge in [-0.2, -0.15) is 0 Å². The zero-order valence-electron chi connectivity index (χ0n) is 14.6. The van der Waals surface area contributed by atoms with Crippen molar-refractivity contribution in [2.45, 2.75) is 18.7 Å². The standard InChI is InChI=1S/C20H20N2O3S/c1-14-10-11-17(12-15(14)2)26(24,25)22(13-20(21)23)19-9-5-7-16-6-3-4-8-18(16)19/h3-12H,13H2,1-2H3,(H2,21,23). The van der Waals surface area contributed by atoms with Gasteiger partial charge in [0.2, 0.25) is 5.91 Å². The van der Waals surface area contributed by atoms with Crippen molar-refractivity contribution < 1.29 is 13.2 Å². The monoisotopic (exact) mass is 368 g/mol. The van der Waals surface area contributed by atoms with Gasteiger partial charge in [0.15, 0.2) is 0 Å². The zero-order valence-corrected chi connectivity index (χ0v) is 15.5. The Morgan fingerprint density at radius 3 is 2.35 bits per heavy atom. The number of rotatable bonds is 5. The van der Waals surface area contributed by atoms with Gasteiger partial charge in [0.1, 0.15) is 6.54 Å². The molecule has 0 bridgehead atoms. The van der Waals surface area contributed by atoms with E-state index < -0.39 is 22.5 Å². The van der Waals surface area contributed by atoms with Crippen LogP contribution in [0.15, 0.2) is 65.6 Å². The molecule has 0 aliphatic rings. The van der Waals surface area contributed by atoms with Crippen LogP contribution < -0.4 is 10.0 Å². The fourth-order valence-corrected chi connectivity index (χ4v) is 4.40. The average Bonchev–Trinajstić information content (AvgIpc) is 2.61. The van der Waals surface area contributed by atoms with E-state index in [-0.39, 0.29) is 4.90 Å². The third-order valence-electron chi connectivity index (χ3n) is 4.40. The minimum absolute atomic E-state index is 0.134. The van der Waals surface area contributed by atoms with E-state index >= 15 is 0 Å². The van der Waals surface area contributed by atoms with Crippen molar-refractivity contribution in [2.24, 2.45) is 5.73 Å². The first-order chi connectivity index (χ1) is 12.3. The Morgan fingerprint density at radius 2 is 1.65 bits per heavy atom. The molecule has 0 aromatic heterocycles. The highest BCUT2D eigenvalue weighted by Crippen LogP contribution is 2.31. The summed E-state index contributed by atoms with van der Waals surface area (Å²) < 4.78 is 27.7. The number of aryl methyl sites for hydroxylation is 2. The third kappa shape index (κ3) is 3.28. The maximum atomic E-state index is 13.3. The van der Waals surface area contributed by atoms with Gasteiger partial charge in [-0.3, -0.25) is 9.10 Å². The van der Waals surface area contributed by atoms with Crippen molar-refractivity contribution >= 4 is 32.4 Å². The molecule has 26 heavy (non-hydrogen) atoms. The van der Waals surface area contributed by atoms with E-state index in [4.69, 9.17) is 5.73 Å². The van der Waals surface area contributed by atoms with Gasteiger partial charge < -0.3 is 5.73 Å². The predicted molar refractivity (Wildman–Crippen MR) is 104 cm³/mol. The number of carbonyl (C=O) groups excluding carboxylic acids is 1. The molecule has 0 aliphatic heterocycles. The fraction of sp³-hybridized carbons (Fsp3) is 0.150. The van der Waals surface area contributed by atoms with E-state index in [1.165, 1.54) is 0 Å². The van der Waals surface area contributed by atoms with E-state index in [1.807, 2.05) is 44.2 Å². The summed E-state index contributed by atoms with van der Waals surface area (Å²) >= 11 is 0. The van der Waals surface area contributed by atoms with E-state index in [2.05, 4.69) is 0 Å². The second-order valence-electron chi connectivity index (χ2n) is 6.22. The Balaban J connectivity index is 2.22. The molecule has 0 spiro atoms. The largest absolute Gasteiger partial charge is 0.368 e. The highest BCUT2D eigenvalue weighted by Gasteiger charge is 2.28. The van der Waals surface area contributed by atoms with Crippen LogP contribution in [0.2, 0.25) is 0 Å². The van der Waals surface area contributed by atoms with E-state index in [0.717, 1.165) is 26.2 Å². The minimum Gasteiger partial charge on any atom is -0.368 e. The molecule has 0 saturated heterocycles. The number of sulfonamides is 1. The average molecular weight is 368 g/mol. The number of hydrogen-bond donors (Lipinski definition) is 1. The van der Waals surface area contributed by atoms with Crippen LogP contribution in [-0.4, -0.2) is 20.9 Å². The van der Waals surface area contributed by atoms with Crippen molar-refractivity contribution in [3.63, 3.8) is 0 Å². The summed E-state index contributed by atoms with van der Waals surface area (Å²) in [6.07, 6.45) is 0. The molecule has 6 heteroatoms. The summed E-state index contributed by atoms with van der Waals surface area (Å²) in [4.78, 5) is 11.8. The molecule has 0 fully saturated rings. The van der Waals surface area contributed by atoms with Gasteiger partial charge in [-0.05, 0) is 48.6 Å². The van der Waals surface area contributed by atoms with Crippen LogP contribution >= 0.6 is 0 Å². The number of fused-ring (bicyclic) bond motifs is 1. The first-order valence-corrected chi connectivity index (χ1v) is 9.61. The summed E-state index contributed by atoms with van der Waals surface area (Å²) in [6, 6.07) is 17.7. The summed E-state index contributed by atoms with van der Waals surface area (Å²) in [7, 11) is -3.95. The molecule has 0 heterocycles. The molecule has 5 nitrogen and oxygen atoms in total. The zero-order chi connectivity index (χ0) is 18.9. The highest BCUT2D eigenvalue weighted by molar-refractivity contribution is 7.92. The van der Waals surface area contributed by atoms with Crippen LogP contribution in [-0.2, 0) is 14.8 Å². The lowest BCUT2D eigenvalue weighted by Gasteiger charge is -2.25. The Morgan fingerprint density at radius 1 is 0.962 bits per heavy atom. The Kier molecular flexibility index (Phi) is 4.70. The van der Waals surface area contributed by atoms with Gasteiger partial charge in [-0.1, -0.05) is 42.5 Å². The quantitative estimate of drug-likeness (QED) is 0.751. The van der Waals surface area contributed by atoms with Gasteiger partial charge in [0, 0.05) is 5.39 Å². The normalized spacial score (nSPS) is 11.5. The van der Waals surface area contributed by atoms with Crippen molar-refractivity contribution in [3.05, 3.63) is 71.8 Å². The number of carbonyl (C=O) groups is 1. The Bertz CT molecular complexity index is 1090. The van der Waals surface area contributed by atoms with Crippen LogP contribution in [0.25, 0.3) is 10.8 Å². The Hall–Kier alpha value is -2.86. The molecule has 3 aromatic carbocycles. The number of nitrogens with two attached hydrogens (primary N) is 1. The fourth-order valence-electron chi connectivity index (χ4n) is 2.87. The van der Waals surface area contributed by atoms with E-state index in [9.17, 15) is 13.2 Å². The molecule has 1 amide bonds. The van der Waals surface area contributed by atoms with Crippen LogP contribution in [0.5, 0.6) is 0 Å². The van der Waals surface area contributed by atoms with Crippen LogP contribution in [0.4, 0.5) is 5.69 Å². The van der Waals surface area contributed by atoms with E-state index in [0.29, 0.717) is 5.69 Å². The second-order valence-corrected chi connectivity index (χ2v) is 8.08. The molecule has 0 unspecified atom stereocenters. The first kappa shape index (κ1) is 17.9. The maximum Gasteiger partial charge on any atom is 0.264 e. The topological polar surface area (TPSA) is 80.5 Å². The summed E-state index contributed by atoms with van der Waals surface area (Å²) in [5.41, 5.74) is 7.65. The molecule has 134 valence electrons. The van der Waals surface area contributed by atoms with Crippen LogP contribution in [0, 0.1) is 13.8 Å². The van der Waals surface area contributed by atoms with Gasteiger partial charge in [-0.15, -0.1) is 0 Å². The predicted octanol–water partition coefficient (Wildman–Crippen LogP) is 3.14. The Labute approximate surface area is 153 Å².